The minimum atomic E-state index is 0.285. The van der Waals surface area contributed by atoms with Crippen LogP contribution in [0.1, 0.15) is 48.3 Å². The molecule has 1 saturated carbocycles. The van der Waals surface area contributed by atoms with Crippen molar-refractivity contribution in [1.29, 1.82) is 0 Å². The van der Waals surface area contributed by atoms with Crippen molar-refractivity contribution in [3.05, 3.63) is 34.9 Å². The Balaban J connectivity index is 2.35. The van der Waals surface area contributed by atoms with Crippen molar-refractivity contribution < 1.29 is 0 Å². The van der Waals surface area contributed by atoms with Crippen LogP contribution in [0.4, 0.5) is 0 Å². The molecule has 0 radical (unpaired) electrons. The van der Waals surface area contributed by atoms with Crippen LogP contribution in [-0.4, -0.2) is 4.99 Å². The number of rotatable bonds is 3. The van der Waals surface area contributed by atoms with Crippen LogP contribution in [0.2, 0.25) is 0 Å². The van der Waals surface area contributed by atoms with Gasteiger partial charge in [-0.3, -0.25) is 0 Å². The van der Waals surface area contributed by atoms with Crippen LogP contribution in [0.15, 0.2) is 18.2 Å². The minimum Gasteiger partial charge on any atom is -0.393 e. The molecule has 0 bridgehead atoms. The topological polar surface area (TPSA) is 26.0 Å². The first kappa shape index (κ1) is 12.6. The van der Waals surface area contributed by atoms with Crippen molar-refractivity contribution in [3.63, 3.8) is 0 Å². The van der Waals surface area contributed by atoms with Crippen LogP contribution in [0, 0.1) is 19.8 Å². The summed E-state index contributed by atoms with van der Waals surface area (Å²) in [6, 6.07) is 6.62. The third-order valence-electron chi connectivity index (χ3n) is 3.94. The number of thiocarbonyl (C=S) groups is 1. The Morgan fingerprint density at radius 3 is 2.47 bits per heavy atom. The molecule has 2 N–H and O–H groups in total. The molecule has 1 aromatic rings. The molecule has 0 heterocycles. The molecular weight excluding hydrogens is 226 g/mol. The molecular formula is C15H21NS. The van der Waals surface area contributed by atoms with Crippen molar-refractivity contribution in [2.24, 2.45) is 11.7 Å². The Labute approximate surface area is 109 Å². The summed E-state index contributed by atoms with van der Waals surface area (Å²) in [5.41, 5.74) is 9.96. The highest BCUT2D eigenvalue weighted by atomic mass is 32.1. The van der Waals surface area contributed by atoms with E-state index in [1.807, 2.05) is 0 Å². The highest BCUT2D eigenvalue weighted by molar-refractivity contribution is 7.80. The van der Waals surface area contributed by atoms with Gasteiger partial charge in [-0.2, -0.15) is 0 Å². The van der Waals surface area contributed by atoms with Crippen molar-refractivity contribution in [2.45, 2.75) is 45.4 Å². The summed E-state index contributed by atoms with van der Waals surface area (Å²) in [7, 11) is 0. The molecule has 1 nitrogen and oxygen atoms in total. The van der Waals surface area contributed by atoms with Gasteiger partial charge in [0.15, 0.2) is 0 Å². The second-order valence-corrected chi connectivity index (χ2v) is 5.76. The van der Waals surface area contributed by atoms with Gasteiger partial charge in [-0.25, -0.2) is 0 Å². The van der Waals surface area contributed by atoms with E-state index >= 15 is 0 Å². The number of nitrogens with two attached hydrogens (primary N) is 1. The highest BCUT2D eigenvalue weighted by Crippen LogP contribution is 2.38. The Morgan fingerprint density at radius 1 is 1.29 bits per heavy atom. The van der Waals surface area contributed by atoms with Crippen LogP contribution in [0.3, 0.4) is 0 Å². The number of hydrogen-bond acceptors (Lipinski definition) is 1. The lowest BCUT2D eigenvalue weighted by Crippen LogP contribution is -2.26. The monoisotopic (exact) mass is 247 g/mol. The molecule has 1 aromatic carbocycles. The molecule has 2 rings (SSSR count). The molecule has 0 spiro atoms. The fourth-order valence-electron chi connectivity index (χ4n) is 3.10. The third-order valence-corrected chi connectivity index (χ3v) is 4.19. The summed E-state index contributed by atoms with van der Waals surface area (Å²) in [5.74, 6) is 0.946. The molecule has 1 aliphatic carbocycles. The summed E-state index contributed by atoms with van der Waals surface area (Å²) >= 11 is 5.31. The molecule has 17 heavy (non-hydrogen) atoms. The van der Waals surface area contributed by atoms with Gasteiger partial charge in [-0.05, 0) is 43.7 Å². The van der Waals surface area contributed by atoms with E-state index in [-0.39, 0.29) is 5.92 Å². The van der Waals surface area contributed by atoms with Crippen molar-refractivity contribution in [2.75, 3.05) is 0 Å². The standard InChI is InChI=1S/C15H21NS/c1-10-7-8-13(11(2)9-10)14(15(16)17)12-5-3-4-6-12/h7-9,12,14H,3-6H2,1-2H3,(H2,16,17). The molecule has 2 heteroatoms. The SMILES string of the molecule is Cc1ccc(C(C(N)=S)C2CCCC2)c(C)c1. The van der Waals surface area contributed by atoms with E-state index in [1.54, 1.807) is 0 Å². The maximum atomic E-state index is 5.99. The van der Waals surface area contributed by atoms with Crippen molar-refractivity contribution in [1.82, 2.24) is 0 Å². The first-order valence-electron chi connectivity index (χ1n) is 6.46. The maximum absolute atomic E-state index is 5.99. The van der Waals surface area contributed by atoms with Crippen molar-refractivity contribution in [3.8, 4) is 0 Å². The first-order chi connectivity index (χ1) is 8.09. The van der Waals surface area contributed by atoms with Gasteiger partial charge in [-0.15, -0.1) is 0 Å². The Hall–Kier alpha value is -0.890. The quantitative estimate of drug-likeness (QED) is 0.821. The third kappa shape index (κ3) is 2.68. The fourth-order valence-corrected chi connectivity index (χ4v) is 3.42. The van der Waals surface area contributed by atoms with Gasteiger partial charge in [0.2, 0.25) is 0 Å². The van der Waals surface area contributed by atoms with Gasteiger partial charge >= 0.3 is 0 Å². The molecule has 1 unspecified atom stereocenters. The molecule has 0 saturated heterocycles. The van der Waals surface area contributed by atoms with E-state index in [2.05, 4.69) is 32.0 Å². The highest BCUT2D eigenvalue weighted by Gasteiger charge is 2.29. The van der Waals surface area contributed by atoms with Gasteiger partial charge in [0, 0.05) is 5.92 Å². The van der Waals surface area contributed by atoms with E-state index in [0.29, 0.717) is 10.9 Å². The van der Waals surface area contributed by atoms with Crippen molar-refractivity contribution >= 4 is 17.2 Å². The zero-order valence-electron chi connectivity index (χ0n) is 10.7. The smallest absolute Gasteiger partial charge is 0.0806 e. The second kappa shape index (κ2) is 5.18. The number of benzene rings is 1. The predicted molar refractivity (Wildman–Crippen MR) is 77.4 cm³/mol. The van der Waals surface area contributed by atoms with Crippen LogP contribution in [-0.2, 0) is 0 Å². The van der Waals surface area contributed by atoms with Gasteiger partial charge < -0.3 is 5.73 Å². The zero-order chi connectivity index (χ0) is 12.4. The van der Waals surface area contributed by atoms with Crippen LogP contribution in [0.5, 0.6) is 0 Å². The summed E-state index contributed by atoms with van der Waals surface area (Å²) in [4.78, 5) is 0.670. The molecule has 92 valence electrons. The van der Waals surface area contributed by atoms with E-state index < -0.39 is 0 Å². The summed E-state index contributed by atoms with van der Waals surface area (Å²) in [6.07, 6.45) is 5.20. The average Bonchev–Trinajstić information content (AvgIpc) is 2.74. The number of aryl methyl sites for hydroxylation is 2. The molecule has 0 amide bonds. The lowest BCUT2D eigenvalue weighted by molar-refractivity contribution is 0.513. The normalized spacial score (nSPS) is 18.2. The van der Waals surface area contributed by atoms with E-state index in [4.69, 9.17) is 18.0 Å². The summed E-state index contributed by atoms with van der Waals surface area (Å²) < 4.78 is 0. The lowest BCUT2D eigenvalue weighted by Gasteiger charge is -2.24. The average molecular weight is 247 g/mol. The van der Waals surface area contributed by atoms with Crippen LogP contribution in [0.25, 0.3) is 0 Å². The van der Waals surface area contributed by atoms with Gasteiger partial charge in [0.05, 0.1) is 4.99 Å². The lowest BCUT2D eigenvalue weighted by atomic mass is 9.82. The van der Waals surface area contributed by atoms with Crippen LogP contribution < -0.4 is 5.73 Å². The summed E-state index contributed by atoms with van der Waals surface area (Å²) in [6.45, 7) is 4.30. The molecule has 1 aliphatic rings. The predicted octanol–water partition coefficient (Wildman–Crippen LogP) is 3.86. The van der Waals surface area contributed by atoms with Gasteiger partial charge in [0.25, 0.3) is 0 Å². The molecule has 1 fully saturated rings. The minimum absolute atomic E-state index is 0.285. The Kier molecular flexibility index (Phi) is 3.82. The summed E-state index contributed by atoms with van der Waals surface area (Å²) in [5, 5.41) is 0. The molecule has 0 aliphatic heterocycles. The second-order valence-electron chi connectivity index (χ2n) is 5.28. The largest absolute Gasteiger partial charge is 0.393 e. The van der Waals surface area contributed by atoms with E-state index in [1.165, 1.54) is 42.4 Å². The van der Waals surface area contributed by atoms with Gasteiger partial charge in [-0.1, -0.05) is 48.8 Å². The van der Waals surface area contributed by atoms with Gasteiger partial charge in [0.1, 0.15) is 0 Å². The molecule has 0 aromatic heterocycles. The van der Waals surface area contributed by atoms with Crippen LogP contribution >= 0.6 is 12.2 Å². The zero-order valence-corrected chi connectivity index (χ0v) is 11.5. The number of hydrogen-bond donors (Lipinski definition) is 1. The fraction of sp³-hybridized carbons (Fsp3) is 0.533. The Bertz CT molecular complexity index is 419. The molecule has 1 atom stereocenters. The van der Waals surface area contributed by atoms with E-state index in [9.17, 15) is 0 Å². The maximum Gasteiger partial charge on any atom is 0.0806 e. The van der Waals surface area contributed by atoms with E-state index in [0.717, 1.165) is 0 Å². The first-order valence-corrected chi connectivity index (χ1v) is 6.87. The Morgan fingerprint density at radius 2 is 1.94 bits per heavy atom.